The molecule has 3 saturated heterocycles. The molecule has 0 radical (unpaired) electrons. The van der Waals surface area contributed by atoms with Crippen molar-refractivity contribution in [1.82, 2.24) is 30.7 Å². The van der Waals surface area contributed by atoms with Gasteiger partial charge in [0, 0.05) is 61.7 Å². The fraction of sp³-hybridized carbons (Fsp3) is 0.447. The number of H-pyrrole nitrogens is 1. The number of nitrogens with one attached hydrogen (secondary N) is 4. The predicted octanol–water partition coefficient (Wildman–Crippen LogP) is 4.44. The number of pyridine rings is 1. The van der Waals surface area contributed by atoms with Gasteiger partial charge in [0.2, 0.25) is 17.7 Å². The Morgan fingerprint density at radius 1 is 1.05 bits per heavy atom. The second-order valence-electron chi connectivity index (χ2n) is 17.4. The van der Waals surface area contributed by atoms with E-state index in [-0.39, 0.29) is 37.0 Å². The normalized spacial score (nSPS) is 19.9. The van der Waals surface area contributed by atoms with Crippen molar-refractivity contribution in [1.29, 1.82) is 0 Å². The molecule has 0 unspecified atom stereocenters. The minimum absolute atomic E-state index is 0.0393. The summed E-state index contributed by atoms with van der Waals surface area (Å²) in [7, 11) is 1.55. The Morgan fingerprint density at radius 3 is 2.54 bits per heavy atom. The molecule has 4 atom stereocenters. The van der Waals surface area contributed by atoms with Crippen LogP contribution in [0.2, 0.25) is 0 Å². The number of aliphatic hydroxyl groups is 1. The van der Waals surface area contributed by atoms with Crippen LogP contribution in [-0.2, 0) is 25.7 Å². The van der Waals surface area contributed by atoms with Crippen molar-refractivity contribution in [3.63, 3.8) is 0 Å². The molecule has 5 heterocycles. The maximum atomic E-state index is 14.3. The van der Waals surface area contributed by atoms with Gasteiger partial charge in [-0.2, -0.15) is 5.10 Å². The van der Waals surface area contributed by atoms with Crippen molar-refractivity contribution in [3.8, 4) is 35.2 Å². The molecule has 7 rings (SSSR count). The van der Waals surface area contributed by atoms with Gasteiger partial charge < -0.3 is 45.1 Å². The van der Waals surface area contributed by atoms with E-state index in [9.17, 15) is 24.3 Å². The van der Waals surface area contributed by atoms with Gasteiger partial charge in [-0.15, -0.1) is 6.42 Å². The van der Waals surface area contributed by atoms with Crippen molar-refractivity contribution in [2.24, 2.45) is 5.41 Å². The zero-order valence-corrected chi connectivity index (χ0v) is 36.4. The van der Waals surface area contributed by atoms with Gasteiger partial charge in [0.25, 0.3) is 5.91 Å². The maximum absolute atomic E-state index is 14.3. The first-order valence-corrected chi connectivity index (χ1v) is 21.4. The van der Waals surface area contributed by atoms with Gasteiger partial charge in [-0.3, -0.25) is 24.3 Å². The number of methoxy groups -OCH3 is 1. The fourth-order valence-corrected chi connectivity index (χ4v) is 8.55. The molecule has 2 aromatic heterocycles. The summed E-state index contributed by atoms with van der Waals surface area (Å²) in [5, 5.41) is 26.3. The van der Waals surface area contributed by atoms with Crippen LogP contribution in [0.4, 0.5) is 11.4 Å². The van der Waals surface area contributed by atoms with E-state index in [1.807, 2.05) is 45.9 Å². The number of terminal acetylenes is 1. The molecule has 5 N–H and O–H groups in total. The number of anilines is 2. The molecule has 332 valence electrons. The highest BCUT2D eigenvalue weighted by atomic mass is 16.5. The van der Waals surface area contributed by atoms with Crippen LogP contribution in [0.25, 0.3) is 11.4 Å². The van der Waals surface area contributed by atoms with Gasteiger partial charge in [0.15, 0.2) is 0 Å². The Bertz CT molecular complexity index is 2350. The minimum atomic E-state index is -0.986. The molecule has 0 bridgehead atoms. The Morgan fingerprint density at radius 2 is 1.84 bits per heavy atom. The van der Waals surface area contributed by atoms with Crippen LogP contribution in [0.5, 0.6) is 11.5 Å². The molecule has 4 amide bonds. The number of nitrogens with zero attached hydrogens (tertiary/aromatic N) is 4. The van der Waals surface area contributed by atoms with Crippen LogP contribution >= 0.6 is 0 Å². The monoisotopic (exact) mass is 860 g/mol. The number of amides is 4. The minimum Gasteiger partial charge on any atom is -0.494 e. The molecule has 0 aliphatic carbocycles. The highest BCUT2D eigenvalue weighted by molar-refractivity contribution is 6.04. The lowest BCUT2D eigenvalue weighted by molar-refractivity contribution is -0.148. The number of aliphatic hydroxyl groups excluding tert-OH is 1. The Kier molecular flexibility index (Phi) is 13.4. The quantitative estimate of drug-likeness (QED) is 0.119. The van der Waals surface area contributed by atoms with Crippen LogP contribution in [0.3, 0.4) is 0 Å². The lowest BCUT2D eigenvalue weighted by Crippen LogP contribution is -2.59. The number of β-amino-alcohol motifs (C(OH)–C–C–N with tert-alkyl or cyclic N) is 1. The van der Waals surface area contributed by atoms with E-state index in [1.54, 1.807) is 55.8 Å². The summed E-state index contributed by atoms with van der Waals surface area (Å²) in [6.07, 6.45) is 8.14. The van der Waals surface area contributed by atoms with Crippen LogP contribution in [0, 0.1) is 17.8 Å². The van der Waals surface area contributed by atoms with Gasteiger partial charge in [0.1, 0.15) is 35.4 Å². The summed E-state index contributed by atoms with van der Waals surface area (Å²) in [6, 6.07) is 16.0. The average Bonchev–Trinajstić information content (AvgIpc) is 4.06. The van der Waals surface area contributed by atoms with Crippen molar-refractivity contribution in [2.45, 2.75) is 96.2 Å². The van der Waals surface area contributed by atoms with Crippen molar-refractivity contribution < 1.29 is 38.5 Å². The average molecular weight is 861 g/mol. The number of likely N-dealkylation sites (tertiary alicyclic amines) is 1. The molecule has 63 heavy (non-hydrogen) atoms. The number of hydrogen-bond acceptors (Lipinski definition) is 11. The molecule has 3 aliphatic rings. The number of ether oxygens (including phenoxy) is 3. The number of aromatic amines is 1. The second kappa shape index (κ2) is 18.9. The first kappa shape index (κ1) is 44.6. The van der Waals surface area contributed by atoms with E-state index in [2.05, 4.69) is 42.0 Å². The number of aromatic nitrogens is 3. The molecule has 4 aromatic rings. The third-order valence-electron chi connectivity index (χ3n) is 12.0. The predicted molar refractivity (Wildman–Crippen MR) is 236 cm³/mol. The standard InChI is InChI=1S/C47H56N8O8/c1-7-29-12-13-30(39(24-29)62-8-2)27-48-43(58)37-26-32(56)28-55(37)45(60)41(46(3,4)5)52-44(59)38-16-18-47(63-38)19-22-54(23-20-47)31-14-15-35(40(25-31)61-6)51-42(57)36-11-9-10-33(50-36)34-17-21-49-53-34/h1,9-15,17,21,24-25,32,37-38,41,56H,8,16,18-20,22-23,26-28H2,2-6H3,(H,48,58)(H,49,53)(H,51,57)(H,52,59)/t32-,37+,38-,41-/m1/s1. The van der Waals surface area contributed by atoms with E-state index in [4.69, 9.17) is 20.6 Å². The highest BCUT2D eigenvalue weighted by Gasteiger charge is 2.48. The van der Waals surface area contributed by atoms with E-state index >= 15 is 0 Å². The number of benzene rings is 2. The van der Waals surface area contributed by atoms with E-state index in [0.717, 1.165) is 11.3 Å². The van der Waals surface area contributed by atoms with Gasteiger partial charge in [-0.05, 0) is 80.5 Å². The first-order valence-electron chi connectivity index (χ1n) is 21.4. The summed E-state index contributed by atoms with van der Waals surface area (Å²) in [4.78, 5) is 63.1. The van der Waals surface area contributed by atoms with Crippen molar-refractivity contribution >= 4 is 35.0 Å². The van der Waals surface area contributed by atoms with Crippen LogP contribution in [0.15, 0.2) is 66.9 Å². The summed E-state index contributed by atoms with van der Waals surface area (Å²) in [6.45, 7) is 9.26. The third-order valence-corrected chi connectivity index (χ3v) is 12.0. The molecule has 1 spiro atoms. The molecular weight excluding hydrogens is 805 g/mol. The second-order valence-corrected chi connectivity index (χ2v) is 17.4. The largest absolute Gasteiger partial charge is 0.494 e. The number of carbonyl (C=O) groups excluding carboxylic acids is 4. The molecule has 16 heteroatoms. The molecule has 3 aliphatic heterocycles. The lowest BCUT2D eigenvalue weighted by atomic mass is 9.85. The first-order chi connectivity index (χ1) is 30.2. The Hall–Kier alpha value is -6.44. The van der Waals surface area contributed by atoms with Gasteiger partial charge in [-0.1, -0.05) is 38.8 Å². The molecule has 2 aromatic carbocycles. The topological polar surface area (TPSA) is 200 Å². The Balaban J connectivity index is 0.942. The van der Waals surface area contributed by atoms with Crippen LogP contribution in [-0.4, -0.2) is 112 Å². The smallest absolute Gasteiger partial charge is 0.274 e. The zero-order valence-electron chi connectivity index (χ0n) is 36.4. The van der Waals surface area contributed by atoms with Crippen LogP contribution in [0.1, 0.15) is 81.4 Å². The molecule has 0 saturated carbocycles. The lowest BCUT2D eigenvalue weighted by Gasteiger charge is -2.40. The summed E-state index contributed by atoms with van der Waals surface area (Å²) >= 11 is 0. The number of carbonyl (C=O) groups is 4. The fourth-order valence-electron chi connectivity index (χ4n) is 8.55. The Labute approximate surface area is 367 Å². The molecule has 3 fully saturated rings. The summed E-state index contributed by atoms with van der Waals surface area (Å²) < 4.78 is 18.0. The summed E-state index contributed by atoms with van der Waals surface area (Å²) in [5.41, 5.74) is 3.12. The number of rotatable bonds is 13. The van der Waals surface area contributed by atoms with Crippen molar-refractivity contribution in [2.75, 3.05) is 43.6 Å². The zero-order chi connectivity index (χ0) is 44.9. The van der Waals surface area contributed by atoms with E-state index in [0.29, 0.717) is 79.5 Å². The third kappa shape index (κ3) is 10.1. The SMILES string of the molecule is C#Cc1ccc(CNC(=O)[C@@H]2C[C@@H](O)CN2C(=O)[C@@H](NC(=O)[C@H]2CCC3(CCN(c4ccc(NC(=O)c5cccc(-c6ccn[nH]6)n5)c(OC)c4)CC3)O2)C(C)(C)C)c(OCC)c1. The van der Waals surface area contributed by atoms with Crippen molar-refractivity contribution in [3.05, 3.63) is 83.7 Å². The van der Waals surface area contributed by atoms with E-state index in [1.165, 1.54) is 4.90 Å². The van der Waals surface area contributed by atoms with Gasteiger partial charge in [-0.25, -0.2) is 4.98 Å². The van der Waals surface area contributed by atoms with E-state index < -0.39 is 47.1 Å². The van der Waals surface area contributed by atoms with Crippen LogP contribution < -0.4 is 30.3 Å². The summed E-state index contributed by atoms with van der Waals surface area (Å²) in [5.74, 6) is 2.02. The molecule has 16 nitrogen and oxygen atoms in total. The van der Waals surface area contributed by atoms with Gasteiger partial charge >= 0.3 is 0 Å². The maximum Gasteiger partial charge on any atom is 0.274 e. The number of piperidine rings is 1. The number of hydrogen-bond donors (Lipinski definition) is 5. The van der Waals surface area contributed by atoms with Gasteiger partial charge in [0.05, 0.1) is 42.5 Å². The highest BCUT2D eigenvalue weighted by Crippen LogP contribution is 2.41. The molecular formula is C47H56N8O8.